The summed E-state index contributed by atoms with van der Waals surface area (Å²) < 4.78 is 10.5. The molecule has 0 spiro atoms. The first-order valence-corrected chi connectivity index (χ1v) is 8.29. The van der Waals surface area contributed by atoms with Crippen LogP contribution in [0.25, 0.3) is 0 Å². The topological polar surface area (TPSA) is 76.1 Å². The van der Waals surface area contributed by atoms with E-state index in [1.54, 1.807) is 4.90 Å². The number of amides is 1. The van der Waals surface area contributed by atoms with E-state index < -0.39 is 18.0 Å². The Bertz CT molecular complexity index is 527. The Labute approximate surface area is 142 Å². The fraction of sp³-hybridized carbons (Fsp3) is 0.556. The van der Waals surface area contributed by atoms with Gasteiger partial charge in [-0.25, -0.2) is 0 Å². The summed E-state index contributed by atoms with van der Waals surface area (Å²) in [6.07, 6.45) is 0.930. The molecule has 132 valence electrons. The summed E-state index contributed by atoms with van der Waals surface area (Å²) in [6, 6.07) is 9.91. The van der Waals surface area contributed by atoms with Crippen molar-refractivity contribution in [3.8, 4) is 0 Å². The molecular formula is C18H25NO5. The lowest BCUT2D eigenvalue weighted by Crippen LogP contribution is -2.49. The van der Waals surface area contributed by atoms with Gasteiger partial charge in [-0.1, -0.05) is 30.3 Å². The zero-order valence-electron chi connectivity index (χ0n) is 14.0. The Kier molecular flexibility index (Phi) is 7.21. The molecule has 6 nitrogen and oxygen atoms in total. The lowest BCUT2D eigenvalue weighted by molar-refractivity contribution is -0.160. The normalized spacial score (nSPS) is 17.3. The van der Waals surface area contributed by atoms with Crippen LogP contribution in [0, 0.1) is 5.92 Å². The van der Waals surface area contributed by atoms with Crippen LogP contribution < -0.4 is 0 Å². The maximum Gasteiger partial charge on any atom is 0.309 e. The second kappa shape index (κ2) is 9.39. The average Bonchev–Trinajstić information content (AvgIpc) is 2.62. The molecule has 24 heavy (non-hydrogen) atoms. The number of carboxylic acids is 1. The molecule has 1 amide bonds. The number of aryl methyl sites for hydroxylation is 1. The minimum Gasteiger partial charge on any atom is -0.481 e. The summed E-state index contributed by atoms with van der Waals surface area (Å²) in [6.45, 7) is 1.92. The lowest BCUT2D eigenvalue weighted by atomic mass is 9.93. The maximum atomic E-state index is 12.6. The number of aliphatic carboxylic acids is 1. The molecule has 0 aliphatic carbocycles. The number of hydrogen-bond donors (Lipinski definition) is 1. The van der Waals surface area contributed by atoms with Gasteiger partial charge in [-0.3, -0.25) is 9.59 Å². The molecule has 1 saturated heterocycles. The van der Waals surface area contributed by atoms with E-state index in [1.165, 1.54) is 7.11 Å². The molecule has 1 aliphatic heterocycles. The van der Waals surface area contributed by atoms with Gasteiger partial charge in [0, 0.05) is 20.2 Å². The van der Waals surface area contributed by atoms with Crippen molar-refractivity contribution in [3.05, 3.63) is 35.9 Å². The second-order valence-electron chi connectivity index (χ2n) is 5.92. The highest BCUT2D eigenvalue weighted by molar-refractivity contribution is 5.86. The number of carboxylic acid groups (broad SMARTS) is 1. The number of methoxy groups -OCH3 is 1. The first-order chi connectivity index (χ1) is 11.6. The fourth-order valence-corrected chi connectivity index (χ4v) is 2.98. The van der Waals surface area contributed by atoms with Crippen LogP contribution in [0.15, 0.2) is 30.3 Å². The molecule has 0 aromatic heterocycles. The van der Waals surface area contributed by atoms with E-state index in [0.29, 0.717) is 39.1 Å². The van der Waals surface area contributed by atoms with Crippen LogP contribution in [0.2, 0.25) is 0 Å². The molecule has 2 rings (SSSR count). The molecule has 1 heterocycles. The fourth-order valence-electron chi connectivity index (χ4n) is 2.98. The van der Waals surface area contributed by atoms with E-state index in [2.05, 4.69) is 0 Å². The van der Waals surface area contributed by atoms with Gasteiger partial charge in [-0.15, -0.1) is 0 Å². The Hall–Kier alpha value is -1.92. The third kappa shape index (κ3) is 5.04. The van der Waals surface area contributed by atoms with Gasteiger partial charge >= 0.3 is 5.97 Å². The predicted octanol–water partition coefficient (Wildman–Crippen LogP) is 1.58. The summed E-state index contributed by atoms with van der Waals surface area (Å²) in [7, 11) is 1.40. The minimum atomic E-state index is -0.989. The highest BCUT2D eigenvalue weighted by Crippen LogP contribution is 2.19. The van der Waals surface area contributed by atoms with Crippen molar-refractivity contribution in [2.75, 3.05) is 33.4 Å². The van der Waals surface area contributed by atoms with Gasteiger partial charge in [0.2, 0.25) is 0 Å². The first-order valence-electron chi connectivity index (χ1n) is 8.29. The molecule has 1 aliphatic rings. The summed E-state index contributed by atoms with van der Waals surface area (Å²) in [5.74, 6) is -2.08. The third-order valence-electron chi connectivity index (χ3n) is 4.33. The van der Waals surface area contributed by atoms with Gasteiger partial charge in [-0.05, 0) is 24.8 Å². The van der Waals surface area contributed by atoms with Crippen molar-refractivity contribution in [1.29, 1.82) is 0 Å². The van der Waals surface area contributed by atoms with Gasteiger partial charge in [0.1, 0.15) is 6.10 Å². The standard InChI is InChI=1S/C18H25NO5/c1-23-16(17(20)19-10-12-24-13-11-19)15(18(21)22)9-5-8-14-6-3-2-4-7-14/h2-4,6-7,15-16H,5,8-13H2,1H3,(H,21,22). The van der Waals surface area contributed by atoms with Gasteiger partial charge in [-0.2, -0.15) is 0 Å². The van der Waals surface area contributed by atoms with Crippen LogP contribution >= 0.6 is 0 Å². The molecule has 1 aromatic carbocycles. The van der Waals surface area contributed by atoms with E-state index in [4.69, 9.17) is 9.47 Å². The largest absolute Gasteiger partial charge is 0.481 e. The third-order valence-corrected chi connectivity index (χ3v) is 4.33. The second-order valence-corrected chi connectivity index (χ2v) is 5.92. The van der Waals surface area contributed by atoms with Gasteiger partial charge in [0.15, 0.2) is 0 Å². The Morgan fingerprint density at radius 3 is 2.50 bits per heavy atom. The van der Waals surface area contributed by atoms with Crippen LogP contribution in [0.4, 0.5) is 0 Å². The molecular weight excluding hydrogens is 310 g/mol. The quantitative estimate of drug-likeness (QED) is 0.781. The Morgan fingerprint density at radius 1 is 1.25 bits per heavy atom. The molecule has 2 atom stereocenters. The monoisotopic (exact) mass is 335 g/mol. The number of carbonyl (C=O) groups excluding carboxylic acids is 1. The highest BCUT2D eigenvalue weighted by Gasteiger charge is 2.36. The Balaban J connectivity index is 1.95. The summed E-state index contributed by atoms with van der Waals surface area (Å²) in [5, 5.41) is 9.54. The van der Waals surface area contributed by atoms with Crippen LogP contribution in [-0.2, 0) is 25.5 Å². The van der Waals surface area contributed by atoms with Crippen LogP contribution in [0.5, 0.6) is 0 Å². The molecule has 2 unspecified atom stereocenters. The number of nitrogens with zero attached hydrogens (tertiary/aromatic N) is 1. The van der Waals surface area contributed by atoms with Crippen molar-refractivity contribution in [2.45, 2.75) is 25.4 Å². The number of carbonyl (C=O) groups is 2. The molecule has 0 bridgehead atoms. The molecule has 0 saturated carbocycles. The summed E-state index contributed by atoms with van der Waals surface area (Å²) in [5.41, 5.74) is 1.16. The van der Waals surface area contributed by atoms with E-state index in [0.717, 1.165) is 12.0 Å². The number of ether oxygens (including phenoxy) is 2. The zero-order chi connectivity index (χ0) is 17.4. The van der Waals surface area contributed by atoms with E-state index in [9.17, 15) is 14.7 Å². The average molecular weight is 335 g/mol. The smallest absolute Gasteiger partial charge is 0.309 e. The SMILES string of the molecule is COC(C(=O)N1CCOCC1)C(CCCc1ccccc1)C(=O)O. The van der Waals surface area contributed by atoms with E-state index in [-0.39, 0.29) is 5.91 Å². The molecule has 1 N–H and O–H groups in total. The van der Waals surface area contributed by atoms with Gasteiger partial charge < -0.3 is 19.5 Å². The van der Waals surface area contributed by atoms with Crippen molar-refractivity contribution < 1.29 is 24.2 Å². The maximum absolute atomic E-state index is 12.6. The molecule has 1 aromatic rings. The van der Waals surface area contributed by atoms with E-state index >= 15 is 0 Å². The van der Waals surface area contributed by atoms with Crippen molar-refractivity contribution in [3.63, 3.8) is 0 Å². The number of hydrogen-bond acceptors (Lipinski definition) is 4. The zero-order valence-corrected chi connectivity index (χ0v) is 14.0. The summed E-state index contributed by atoms with van der Waals surface area (Å²) >= 11 is 0. The minimum absolute atomic E-state index is 0.257. The summed E-state index contributed by atoms with van der Waals surface area (Å²) in [4.78, 5) is 25.9. The lowest BCUT2D eigenvalue weighted by Gasteiger charge is -2.31. The Morgan fingerprint density at radius 2 is 1.92 bits per heavy atom. The van der Waals surface area contributed by atoms with Gasteiger partial charge in [0.05, 0.1) is 19.1 Å². The number of benzene rings is 1. The van der Waals surface area contributed by atoms with Crippen molar-refractivity contribution in [1.82, 2.24) is 4.90 Å². The van der Waals surface area contributed by atoms with Gasteiger partial charge in [0.25, 0.3) is 5.91 Å². The molecule has 1 fully saturated rings. The first kappa shape index (κ1) is 18.4. The number of rotatable bonds is 8. The van der Waals surface area contributed by atoms with Crippen molar-refractivity contribution in [2.24, 2.45) is 5.92 Å². The van der Waals surface area contributed by atoms with Crippen LogP contribution in [0.3, 0.4) is 0 Å². The van der Waals surface area contributed by atoms with E-state index in [1.807, 2.05) is 30.3 Å². The van der Waals surface area contributed by atoms with Crippen LogP contribution in [-0.4, -0.2) is 61.4 Å². The highest BCUT2D eigenvalue weighted by atomic mass is 16.5. The molecule has 0 radical (unpaired) electrons. The predicted molar refractivity (Wildman–Crippen MR) is 88.7 cm³/mol. The van der Waals surface area contributed by atoms with Crippen molar-refractivity contribution >= 4 is 11.9 Å². The number of morpholine rings is 1. The molecule has 6 heteroatoms. The van der Waals surface area contributed by atoms with Crippen LogP contribution in [0.1, 0.15) is 18.4 Å².